The predicted molar refractivity (Wildman–Crippen MR) is 146 cm³/mol. The van der Waals surface area contributed by atoms with Crippen molar-refractivity contribution in [2.24, 2.45) is 0 Å². The molecule has 0 heterocycles. The van der Waals surface area contributed by atoms with Crippen LogP contribution in [0.5, 0.6) is 0 Å². The quantitative estimate of drug-likeness (QED) is 0.0774. The lowest BCUT2D eigenvalue weighted by Gasteiger charge is -2.24. The van der Waals surface area contributed by atoms with Gasteiger partial charge >= 0.3 is 23.9 Å². The van der Waals surface area contributed by atoms with Gasteiger partial charge in [0.05, 0.1) is 32.8 Å². The molecule has 0 aliphatic carbocycles. The third-order valence-electron chi connectivity index (χ3n) is 6.08. The predicted octanol–water partition coefficient (Wildman–Crippen LogP) is 4.42. The summed E-state index contributed by atoms with van der Waals surface area (Å²) in [4.78, 5) is 47.5. The van der Waals surface area contributed by atoms with Crippen LogP contribution in [-0.2, 0) is 23.9 Å². The number of carbonyl (C=O) groups is 4. The van der Waals surface area contributed by atoms with Gasteiger partial charge in [0.25, 0.3) is 0 Å². The Morgan fingerprint density at radius 3 is 1.42 bits per heavy atom. The van der Waals surface area contributed by atoms with Crippen LogP contribution in [0.15, 0.2) is 12.2 Å². The summed E-state index contributed by atoms with van der Waals surface area (Å²) in [6.45, 7) is 0.851. The lowest BCUT2D eigenvalue weighted by Crippen LogP contribution is -2.43. The molecule has 0 aromatic rings. The summed E-state index contributed by atoms with van der Waals surface area (Å²) in [5, 5.41) is 26.9. The van der Waals surface area contributed by atoms with Crippen molar-refractivity contribution in [3.63, 3.8) is 0 Å². The summed E-state index contributed by atoms with van der Waals surface area (Å²) in [6, 6.07) is 0. The first kappa shape index (κ1) is 35.5. The van der Waals surface area contributed by atoms with Crippen LogP contribution in [-0.4, -0.2) is 94.9 Å². The van der Waals surface area contributed by atoms with E-state index in [0.29, 0.717) is 0 Å². The third kappa shape index (κ3) is 25.2. The summed E-state index contributed by atoms with van der Waals surface area (Å²) in [5.74, 6) is -4.08. The van der Waals surface area contributed by atoms with Crippen molar-refractivity contribution >= 4 is 23.9 Å². The molecule has 38 heavy (non-hydrogen) atoms. The highest BCUT2D eigenvalue weighted by molar-refractivity contribution is 5.74. The summed E-state index contributed by atoms with van der Waals surface area (Å²) >= 11 is 0. The molecule has 0 amide bonds. The molecule has 0 spiro atoms. The maximum Gasteiger partial charge on any atom is 0.320 e. The van der Waals surface area contributed by atoms with Crippen LogP contribution in [0.2, 0.25) is 0 Å². The second kappa shape index (κ2) is 24.9. The minimum Gasteiger partial charge on any atom is -0.480 e. The number of carboxylic acid groups (broad SMARTS) is 3. The van der Waals surface area contributed by atoms with Gasteiger partial charge in [0.15, 0.2) is 0 Å². The number of unbranched alkanes of at least 4 members (excludes halogenated alkanes) is 12. The number of carboxylic acids is 3. The molecule has 0 aliphatic heterocycles. The maximum atomic E-state index is 12.1. The first-order valence-corrected chi connectivity index (χ1v) is 14.1. The van der Waals surface area contributed by atoms with Crippen LogP contribution in [0.3, 0.4) is 0 Å². The van der Waals surface area contributed by atoms with E-state index in [4.69, 9.17) is 20.1 Å². The van der Waals surface area contributed by atoms with E-state index in [1.165, 1.54) is 62.7 Å². The van der Waals surface area contributed by atoms with Gasteiger partial charge in [-0.1, -0.05) is 76.9 Å². The fourth-order valence-corrected chi connectivity index (χ4v) is 4.05. The molecule has 0 bridgehead atoms. The largest absolute Gasteiger partial charge is 0.480 e. The zero-order chi connectivity index (χ0) is 28.4. The van der Waals surface area contributed by atoms with E-state index in [1.807, 2.05) is 0 Å². The van der Waals surface area contributed by atoms with Gasteiger partial charge in [0.1, 0.15) is 0 Å². The Hall–Kier alpha value is -2.46. The molecule has 0 atom stereocenters. The number of hydrogen-bond acceptors (Lipinski definition) is 7. The van der Waals surface area contributed by atoms with E-state index in [9.17, 15) is 19.2 Å². The Balaban J connectivity index is 3.92. The van der Waals surface area contributed by atoms with Crippen molar-refractivity contribution in [3.8, 4) is 0 Å². The molecular weight excluding hydrogens is 492 g/mol. The summed E-state index contributed by atoms with van der Waals surface area (Å²) in [5.41, 5.74) is 0. The van der Waals surface area contributed by atoms with E-state index >= 15 is 0 Å². The van der Waals surface area contributed by atoms with Gasteiger partial charge in [-0.15, -0.1) is 0 Å². The van der Waals surface area contributed by atoms with E-state index in [-0.39, 0.29) is 26.2 Å². The zero-order valence-corrected chi connectivity index (χ0v) is 23.3. The zero-order valence-electron chi connectivity index (χ0n) is 23.3. The SMILES string of the molecule is CCCCCCCCC=CCCCCCCCCOC(=O)CN(CCN(CC(=O)O)CC(=O)O)CC(=O)O. The molecule has 0 aromatic heterocycles. The Kier molecular flexibility index (Phi) is 23.2. The van der Waals surface area contributed by atoms with Gasteiger partial charge in [-0.05, 0) is 32.1 Å². The number of ether oxygens (including phenoxy) is 1. The molecule has 0 saturated carbocycles. The normalized spacial score (nSPS) is 11.4. The molecule has 3 N–H and O–H groups in total. The van der Waals surface area contributed by atoms with E-state index in [0.717, 1.165) is 37.0 Å². The fourth-order valence-electron chi connectivity index (χ4n) is 4.05. The fraction of sp³-hybridized carbons (Fsp3) is 0.786. The standard InChI is InChI=1S/C28H50N2O8/c1-2-3-4-5-6-7-8-9-10-11-12-13-14-15-16-17-20-38-28(37)24-30(23-27(35)36)19-18-29(21-25(31)32)22-26(33)34/h9-10H,2-8,11-24H2,1H3,(H,31,32)(H,33,34)(H,35,36). The Bertz CT molecular complexity index is 668. The van der Waals surface area contributed by atoms with Crippen molar-refractivity contribution in [1.29, 1.82) is 0 Å². The second-order valence-corrected chi connectivity index (χ2v) is 9.76. The smallest absolute Gasteiger partial charge is 0.320 e. The van der Waals surface area contributed by atoms with Crippen LogP contribution >= 0.6 is 0 Å². The third-order valence-corrected chi connectivity index (χ3v) is 6.08. The molecule has 0 aliphatic rings. The lowest BCUT2D eigenvalue weighted by molar-refractivity contribution is -0.148. The van der Waals surface area contributed by atoms with Gasteiger partial charge < -0.3 is 20.1 Å². The maximum absolute atomic E-state index is 12.1. The Labute approximate surface area is 228 Å². The number of carbonyl (C=O) groups excluding carboxylic acids is 1. The van der Waals surface area contributed by atoms with Crippen molar-refractivity contribution in [1.82, 2.24) is 9.80 Å². The number of allylic oxidation sites excluding steroid dienone is 2. The average Bonchev–Trinajstić information content (AvgIpc) is 2.83. The summed E-state index contributed by atoms with van der Waals surface area (Å²) in [7, 11) is 0. The van der Waals surface area contributed by atoms with Gasteiger partial charge in [-0.25, -0.2) is 0 Å². The van der Waals surface area contributed by atoms with Gasteiger partial charge in [-0.2, -0.15) is 0 Å². The summed E-state index contributed by atoms with van der Waals surface area (Å²) in [6.07, 6.45) is 21.2. The molecule has 10 heteroatoms. The lowest BCUT2D eigenvalue weighted by atomic mass is 10.1. The van der Waals surface area contributed by atoms with Crippen LogP contribution in [0.25, 0.3) is 0 Å². The second-order valence-electron chi connectivity index (χ2n) is 9.76. The van der Waals surface area contributed by atoms with E-state index in [1.54, 1.807) is 0 Å². The molecule has 0 unspecified atom stereocenters. The monoisotopic (exact) mass is 542 g/mol. The van der Waals surface area contributed by atoms with Crippen molar-refractivity contribution < 1.29 is 39.2 Å². The topological polar surface area (TPSA) is 145 Å². The minimum absolute atomic E-state index is 0.00588. The van der Waals surface area contributed by atoms with Crippen LogP contribution < -0.4 is 0 Å². The van der Waals surface area contributed by atoms with Gasteiger partial charge in [0.2, 0.25) is 0 Å². The number of nitrogens with zero attached hydrogens (tertiary/aromatic N) is 2. The average molecular weight is 543 g/mol. The Morgan fingerprint density at radius 2 is 0.974 bits per heavy atom. The molecule has 0 radical (unpaired) electrons. The molecule has 0 aromatic carbocycles. The van der Waals surface area contributed by atoms with E-state index in [2.05, 4.69) is 19.1 Å². The summed E-state index contributed by atoms with van der Waals surface area (Å²) < 4.78 is 5.22. The molecule has 0 saturated heterocycles. The van der Waals surface area contributed by atoms with Gasteiger partial charge in [0, 0.05) is 13.1 Å². The van der Waals surface area contributed by atoms with Gasteiger partial charge in [-0.3, -0.25) is 29.0 Å². The molecule has 220 valence electrons. The van der Waals surface area contributed by atoms with E-state index < -0.39 is 43.5 Å². The molecular formula is C28H50N2O8. The first-order valence-electron chi connectivity index (χ1n) is 14.1. The van der Waals surface area contributed by atoms with Crippen molar-refractivity contribution in [2.75, 3.05) is 45.9 Å². The first-order chi connectivity index (χ1) is 18.2. The number of aliphatic carboxylic acids is 3. The van der Waals surface area contributed by atoms with Crippen LogP contribution in [0.4, 0.5) is 0 Å². The van der Waals surface area contributed by atoms with Crippen LogP contribution in [0, 0.1) is 0 Å². The van der Waals surface area contributed by atoms with Crippen molar-refractivity contribution in [2.45, 2.75) is 96.8 Å². The highest BCUT2D eigenvalue weighted by Gasteiger charge is 2.19. The number of hydrogen-bond donors (Lipinski definition) is 3. The minimum atomic E-state index is -1.19. The van der Waals surface area contributed by atoms with Crippen molar-refractivity contribution in [3.05, 3.63) is 12.2 Å². The molecule has 10 nitrogen and oxygen atoms in total. The highest BCUT2D eigenvalue weighted by atomic mass is 16.5. The molecule has 0 rings (SSSR count). The highest BCUT2D eigenvalue weighted by Crippen LogP contribution is 2.10. The number of esters is 1. The van der Waals surface area contributed by atoms with Crippen LogP contribution in [0.1, 0.15) is 96.8 Å². The number of rotatable bonds is 27. The molecule has 0 fully saturated rings. The Morgan fingerprint density at radius 1 is 0.579 bits per heavy atom.